The van der Waals surface area contributed by atoms with Gasteiger partial charge in [0.25, 0.3) is 0 Å². The quantitative estimate of drug-likeness (QED) is 0.680. The van der Waals surface area contributed by atoms with E-state index < -0.39 is 11.9 Å². The number of methoxy groups -OCH3 is 1. The van der Waals surface area contributed by atoms with E-state index in [1.165, 1.54) is 7.11 Å². The van der Waals surface area contributed by atoms with Crippen LogP contribution in [0, 0.1) is 3.57 Å². The van der Waals surface area contributed by atoms with Crippen LogP contribution >= 0.6 is 22.6 Å². The molecule has 1 aromatic rings. The first kappa shape index (κ1) is 12.0. The molecule has 0 saturated carbocycles. The molecule has 0 bridgehead atoms. The van der Waals surface area contributed by atoms with E-state index in [1.807, 2.05) is 22.6 Å². The van der Waals surface area contributed by atoms with Gasteiger partial charge in [0.05, 0.1) is 19.1 Å². The number of hydrogen-bond donors (Lipinski definition) is 1. The Kier molecular flexibility index (Phi) is 4.07. The van der Waals surface area contributed by atoms with Gasteiger partial charge in [-0.2, -0.15) is 0 Å². The number of carbonyl (C=O) groups is 2. The van der Waals surface area contributed by atoms with Crippen LogP contribution in [0.25, 0.3) is 0 Å². The Morgan fingerprint density at radius 1 is 1.47 bits per heavy atom. The smallest absolute Gasteiger partial charge is 0.339 e. The molecule has 80 valence electrons. The van der Waals surface area contributed by atoms with Crippen molar-refractivity contribution in [3.05, 3.63) is 32.9 Å². The summed E-state index contributed by atoms with van der Waals surface area (Å²) in [5.74, 6) is -1.47. The van der Waals surface area contributed by atoms with Crippen LogP contribution in [0.5, 0.6) is 0 Å². The van der Waals surface area contributed by atoms with Gasteiger partial charge in [0.15, 0.2) is 0 Å². The van der Waals surface area contributed by atoms with Crippen LogP contribution in [0.2, 0.25) is 0 Å². The molecule has 0 atom stereocenters. The number of esters is 1. The highest BCUT2D eigenvalue weighted by atomic mass is 127. The summed E-state index contributed by atoms with van der Waals surface area (Å²) in [4.78, 5) is 22.0. The molecule has 0 heterocycles. The molecule has 4 nitrogen and oxygen atoms in total. The average Bonchev–Trinajstić information content (AvgIpc) is 2.16. The molecule has 15 heavy (non-hydrogen) atoms. The fourth-order valence-electron chi connectivity index (χ4n) is 1.21. The first-order valence-corrected chi connectivity index (χ1v) is 5.21. The van der Waals surface area contributed by atoms with Gasteiger partial charge in [0.1, 0.15) is 0 Å². The average molecular weight is 320 g/mol. The first-order chi connectivity index (χ1) is 7.06. The van der Waals surface area contributed by atoms with E-state index in [4.69, 9.17) is 5.11 Å². The minimum absolute atomic E-state index is 0.179. The maximum atomic E-state index is 11.4. The Morgan fingerprint density at radius 3 is 2.67 bits per heavy atom. The van der Waals surface area contributed by atoms with Crippen molar-refractivity contribution in [1.29, 1.82) is 0 Å². The van der Waals surface area contributed by atoms with E-state index in [1.54, 1.807) is 18.2 Å². The van der Waals surface area contributed by atoms with Crippen molar-refractivity contribution in [2.24, 2.45) is 0 Å². The molecule has 0 aliphatic heterocycles. The molecule has 0 saturated heterocycles. The van der Waals surface area contributed by atoms with Crippen molar-refractivity contribution in [3.8, 4) is 0 Å². The lowest BCUT2D eigenvalue weighted by molar-refractivity contribution is -0.136. The van der Waals surface area contributed by atoms with Crippen LogP contribution in [-0.4, -0.2) is 24.2 Å². The van der Waals surface area contributed by atoms with Crippen LogP contribution in [0.1, 0.15) is 15.9 Å². The van der Waals surface area contributed by atoms with Crippen LogP contribution in [0.4, 0.5) is 0 Å². The Morgan fingerprint density at radius 2 is 2.13 bits per heavy atom. The zero-order valence-electron chi connectivity index (χ0n) is 7.99. The van der Waals surface area contributed by atoms with Crippen molar-refractivity contribution in [3.63, 3.8) is 0 Å². The van der Waals surface area contributed by atoms with Gasteiger partial charge in [-0.1, -0.05) is 12.1 Å². The summed E-state index contributed by atoms with van der Waals surface area (Å²) >= 11 is 1.98. The molecular weight excluding hydrogens is 311 g/mol. The molecule has 0 amide bonds. The Bertz CT molecular complexity index is 400. The van der Waals surface area contributed by atoms with Crippen LogP contribution in [0.15, 0.2) is 18.2 Å². The summed E-state index contributed by atoms with van der Waals surface area (Å²) in [6.45, 7) is 0. The molecular formula is C10H9IO4. The topological polar surface area (TPSA) is 63.6 Å². The number of carboxylic acids is 1. The molecule has 1 N–H and O–H groups in total. The summed E-state index contributed by atoms with van der Waals surface area (Å²) < 4.78 is 5.30. The monoisotopic (exact) mass is 320 g/mol. The van der Waals surface area contributed by atoms with Crippen molar-refractivity contribution in [2.75, 3.05) is 7.11 Å². The lowest BCUT2D eigenvalue weighted by Gasteiger charge is -2.07. The molecule has 0 aromatic heterocycles. The van der Waals surface area contributed by atoms with E-state index >= 15 is 0 Å². The predicted octanol–water partition coefficient (Wildman–Crippen LogP) is 1.70. The Hall–Kier alpha value is -1.11. The molecule has 0 spiro atoms. The van der Waals surface area contributed by atoms with Gasteiger partial charge in [0, 0.05) is 3.57 Å². The molecule has 0 fully saturated rings. The zero-order chi connectivity index (χ0) is 11.4. The van der Waals surface area contributed by atoms with E-state index in [9.17, 15) is 9.59 Å². The van der Waals surface area contributed by atoms with Gasteiger partial charge in [-0.3, -0.25) is 4.79 Å². The third-order valence-corrected chi connectivity index (χ3v) is 2.73. The predicted molar refractivity (Wildman–Crippen MR) is 61.8 cm³/mol. The number of carboxylic acid groups (broad SMARTS) is 1. The van der Waals surface area contributed by atoms with Crippen LogP contribution < -0.4 is 0 Å². The van der Waals surface area contributed by atoms with Gasteiger partial charge in [-0.05, 0) is 34.2 Å². The second-order valence-corrected chi connectivity index (χ2v) is 4.00. The maximum Gasteiger partial charge on any atom is 0.339 e. The second kappa shape index (κ2) is 5.11. The Labute approximate surface area is 100 Å². The van der Waals surface area contributed by atoms with E-state index in [0.717, 1.165) is 0 Å². The third-order valence-electron chi connectivity index (χ3n) is 1.83. The second-order valence-electron chi connectivity index (χ2n) is 2.84. The summed E-state index contributed by atoms with van der Waals surface area (Å²) in [6.07, 6.45) is -0.179. The number of benzene rings is 1. The van der Waals surface area contributed by atoms with Crippen molar-refractivity contribution in [2.45, 2.75) is 6.42 Å². The number of carbonyl (C=O) groups excluding carboxylic acids is 1. The number of ether oxygens (including phenoxy) is 1. The van der Waals surface area contributed by atoms with E-state index in [0.29, 0.717) is 14.7 Å². The van der Waals surface area contributed by atoms with Gasteiger partial charge < -0.3 is 9.84 Å². The molecule has 5 heteroatoms. The normalized spacial score (nSPS) is 9.73. The molecule has 0 radical (unpaired) electrons. The fourth-order valence-corrected chi connectivity index (χ4v) is 1.98. The summed E-state index contributed by atoms with van der Waals surface area (Å²) in [7, 11) is 1.27. The van der Waals surface area contributed by atoms with E-state index in [2.05, 4.69) is 4.74 Å². The van der Waals surface area contributed by atoms with Crippen molar-refractivity contribution < 1.29 is 19.4 Å². The fraction of sp³-hybridized carbons (Fsp3) is 0.200. The lowest BCUT2D eigenvalue weighted by atomic mass is 10.1. The maximum absolute atomic E-state index is 11.4. The van der Waals surface area contributed by atoms with Crippen LogP contribution in [-0.2, 0) is 16.0 Å². The number of hydrogen-bond acceptors (Lipinski definition) is 3. The van der Waals surface area contributed by atoms with Gasteiger partial charge in [0.2, 0.25) is 0 Å². The first-order valence-electron chi connectivity index (χ1n) is 4.13. The minimum atomic E-state index is -0.970. The van der Waals surface area contributed by atoms with Crippen molar-refractivity contribution in [1.82, 2.24) is 0 Å². The number of aliphatic carboxylic acids is 1. The van der Waals surface area contributed by atoms with Gasteiger partial charge in [-0.25, -0.2) is 4.79 Å². The highest BCUT2D eigenvalue weighted by molar-refractivity contribution is 14.1. The Balaban J connectivity index is 3.20. The number of rotatable bonds is 3. The highest BCUT2D eigenvalue weighted by Gasteiger charge is 2.16. The zero-order valence-corrected chi connectivity index (χ0v) is 10.1. The standard InChI is InChI=1S/C10H9IO4/c1-15-10(14)9-6(5-8(12)13)3-2-4-7(9)11/h2-4H,5H2,1H3,(H,12,13). The molecule has 0 aliphatic carbocycles. The SMILES string of the molecule is COC(=O)c1c(I)cccc1CC(=O)O. The van der Waals surface area contributed by atoms with Crippen LogP contribution in [0.3, 0.4) is 0 Å². The summed E-state index contributed by atoms with van der Waals surface area (Å²) in [5, 5.41) is 8.68. The van der Waals surface area contributed by atoms with Gasteiger partial charge >= 0.3 is 11.9 Å². The van der Waals surface area contributed by atoms with E-state index in [-0.39, 0.29) is 6.42 Å². The summed E-state index contributed by atoms with van der Waals surface area (Å²) in [6, 6.07) is 5.06. The minimum Gasteiger partial charge on any atom is -0.481 e. The largest absolute Gasteiger partial charge is 0.481 e. The third kappa shape index (κ3) is 2.92. The van der Waals surface area contributed by atoms with Crippen molar-refractivity contribution >= 4 is 34.5 Å². The molecule has 1 rings (SSSR count). The number of halogens is 1. The highest BCUT2D eigenvalue weighted by Crippen LogP contribution is 2.18. The molecule has 0 unspecified atom stereocenters. The summed E-state index contributed by atoms with van der Waals surface area (Å²) in [5.41, 5.74) is 0.809. The molecule has 0 aliphatic rings. The lowest BCUT2D eigenvalue weighted by Crippen LogP contribution is -2.11. The van der Waals surface area contributed by atoms with Gasteiger partial charge in [-0.15, -0.1) is 0 Å². The molecule has 1 aromatic carbocycles.